The van der Waals surface area contributed by atoms with Crippen molar-refractivity contribution in [1.29, 1.82) is 0 Å². The molecule has 1 N–H and O–H groups in total. The van der Waals surface area contributed by atoms with Crippen molar-refractivity contribution in [3.63, 3.8) is 0 Å². The minimum atomic E-state index is -0.808. The highest BCUT2D eigenvalue weighted by Gasteiger charge is 2.27. The number of amides is 1. The third-order valence-electron chi connectivity index (χ3n) is 3.95. The van der Waals surface area contributed by atoms with E-state index in [1.165, 1.54) is 21.3 Å². The fourth-order valence-corrected chi connectivity index (χ4v) is 2.27. The Balaban J connectivity index is 2.78. The van der Waals surface area contributed by atoms with Gasteiger partial charge in [0.25, 0.3) is 5.91 Å². The second kappa shape index (κ2) is 10.3. The van der Waals surface area contributed by atoms with Crippen LogP contribution in [0.2, 0.25) is 0 Å². The predicted molar refractivity (Wildman–Crippen MR) is 93.2 cm³/mol. The average Bonchev–Trinajstić information content (AvgIpc) is 2.68. The molecule has 26 heavy (non-hydrogen) atoms. The molecule has 1 amide bonds. The first-order valence-corrected chi connectivity index (χ1v) is 8.14. The van der Waals surface area contributed by atoms with Crippen LogP contribution in [0.25, 0.3) is 0 Å². The second-order valence-electron chi connectivity index (χ2n) is 5.57. The van der Waals surface area contributed by atoms with Gasteiger partial charge in [0, 0.05) is 0 Å². The van der Waals surface area contributed by atoms with Gasteiger partial charge >= 0.3 is 11.9 Å². The van der Waals surface area contributed by atoms with Gasteiger partial charge in [-0.2, -0.15) is 0 Å². The molecule has 1 aromatic rings. The number of benzene rings is 1. The monoisotopic (exact) mass is 367 g/mol. The van der Waals surface area contributed by atoms with E-state index in [9.17, 15) is 14.4 Å². The molecule has 0 aromatic heterocycles. The quantitative estimate of drug-likeness (QED) is 0.661. The van der Waals surface area contributed by atoms with Crippen molar-refractivity contribution < 1.29 is 33.3 Å². The van der Waals surface area contributed by atoms with Crippen molar-refractivity contribution >= 4 is 17.8 Å². The van der Waals surface area contributed by atoms with Crippen LogP contribution in [0.1, 0.15) is 30.6 Å². The molecule has 0 spiro atoms. The van der Waals surface area contributed by atoms with Gasteiger partial charge in [-0.15, -0.1) is 0 Å². The molecule has 0 radical (unpaired) electrons. The summed E-state index contributed by atoms with van der Waals surface area (Å²) >= 11 is 0. The van der Waals surface area contributed by atoms with Gasteiger partial charge in [0.2, 0.25) is 0 Å². The van der Waals surface area contributed by atoms with Crippen molar-refractivity contribution in [3.8, 4) is 11.5 Å². The number of esters is 2. The predicted octanol–water partition coefficient (Wildman–Crippen LogP) is 1.56. The van der Waals surface area contributed by atoms with Crippen LogP contribution in [0.3, 0.4) is 0 Å². The third-order valence-corrected chi connectivity index (χ3v) is 3.95. The highest BCUT2D eigenvalue weighted by atomic mass is 16.5. The zero-order chi connectivity index (χ0) is 19.7. The number of carbonyl (C=O) groups is 3. The highest BCUT2D eigenvalue weighted by molar-refractivity contribution is 5.97. The molecule has 0 bridgehead atoms. The third kappa shape index (κ3) is 5.37. The molecule has 0 aliphatic rings. The molecular formula is C18H25NO7. The molecule has 144 valence electrons. The van der Waals surface area contributed by atoms with Crippen molar-refractivity contribution in [1.82, 2.24) is 5.32 Å². The lowest BCUT2D eigenvalue weighted by Crippen LogP contribution is -2.47. The Morgan fingerprint density at radius 2 is 1.65 bits per heavy atom. The maximum absolute atomic E-state index is 12.3. The Morgan fingerprint density at radius 3 is 2.12 bits per heavy atom. The summed E-state index contributed by atoms with van der Waals surface area (Å²) in [5.74, 6) is -1.53. The molecule has 8 heteroatoms. The first-order valence-electron chi connectivity index (χ1n) is 8.14. The van der Waals surface area contributed by atoms with Crippen molar-refractivity contribution in [2.45, 2.75) is 26.3 Å². The van der Waals surface area contributed by atoms with Crippen molar-refractivity contribution in [3.05, 3.63) is 23.8 Å². The first kappa shape index (κ1) is 21.3. The summed E-state index contributed by atoms with van der Waals surface area (Å²) in [5, 5.41) is 2.53. The Morgan fingerprint density at radius 1 is 1.08 bits per heavy atom. The van der Waals surface area contributed by atoms with Gasteiger partial charge in [0.15, 0.2) is 6.61 Å². The standard InChI is InChI=1S/C18H25NO7/c1-6-11(2)16(18(22)25-5)19-14(20)10-26-17(21)15-12(23-3)8-7-9-13(15)24-4/h7-9,11,16H,6,10H2,1-5H3,(H,19,20). The molecule has 0 saturated carbocycles. The van der Waals surface area contributed by atoms with Gasteiger partial charge < -0.3 is 24.3 Å². The molecule has 0 saturated heterocycles. The molecule has 2 unspecified atom stereocenters. The first-order chi connectivity index (χ1) is 12.4. The van der Waals surface area contributed by atoms with Crippen LogP contribution in [-0.2, 0) is 19.1 Å². The largest absolute Gasteiger partial charge is 0.496 e. The molecular weight excluding hydrogens is 342 g/mol. The zero-order valence-electron chi connectivity index (χ0n) is 15.7. The lowest BCUT2D eigenvalue weighted by Gasteiger charge is -2.21. The van der Waals surface area contributed by atoms with Crippen LogP contribution >= 0.6 is 0 Å². The van der Waals surface area contributed by atoms with Gasteiger partial charge in [-0.25, -0.2) is 9.59 Å². The summed E-state index contributed by atoms with van der Waals surface area (Å²) in [6, 6.07) is 4.01. The van der Waals surface area contributed by atoms with Crippen LogP contribution in [0.5, 0.6) is 11.5 Å². The Hall–Kier alpha value is -2.77. The Labute approximate surface area is 152 Å². The average molecular weight is 367 g/mol. The fraction of sp³-hybridized carbons (Fsp3) is 0.500. The molecule has 0 aliphatic carbocycles. The lowest BCUT2D eigenvalue weighted by atomic mass is 9.99. The number of methoxy groups -OCH3 is 3. The van der Waals surface area contributed by atoms with Crippen molar-refractivity contribution in [2.24, 2.45) is 5.92 Å². The summed E-state index contributed by atoms with van der Waals surface area (Å²) in [6.07, 6.45) is 0.665. The Kier molecular flexibility index (Phi) is 8.41. The minimum absolute atomic E-state index is 0.0803. The molecule has 1 rings (SSSR count). The van der Waals surface area contributed by atoms with Gasteiger partial charge in [-0.1, -0.05) is 26.3 Å². The van der Waals surface area contributed by atoms with Gasteiger partial charge in [-0.3, -0.25) is 4.79 Å². The van der Waals surface area contributed by atoms with E-state index in [1.54, 1.807) is 18.2 Å². The normalized spacial score (nSPS) is 12.5. The molecule has 8 nitrogen and oxygen atoms in total. The van der Waals surface area contributed by atoms with E-state index in [4.69, 9.17) is 18.9 Å². The smallest absolute Gasteiger partial charge is 0.346 e. The van der Waals surface area contributed by atoms with Crippen LogP contribution in [0.15, 0.2) is 18.2 Å². The number of ether oxygens (including phenoxy) is 4. The number of hydrogen-bond donors (Lipinski definition) is 1. The molecule has 0 aliphatic heterocycles. The Bertz CT molecular complexity index is 622. The van der Waals surface area contributed by atoms with E-state index < -0.39 is 30.5 Å². The summed E-state index contributed by atoms with van der Waals surface area (Å²) in [5.41, 5.74) is 0.0803. The summed E-state index contributed by atoms with van der Waals surface area (Å²) in [7, 11) is 4.06. The van der Waals surface area contributed by atoms with Gasteiger partial charge in [-0.05, 0) is 18.1 Å². The van der Waals surface area contributed by atoms with E-state index in [0.29, 0.717) is 6.42 Å². The van der Waals surface area contributed by atoms with E-state index in [-0.39, 0.29) is 23.0 Å². The highest BCUT2D eigenvalue weighted by Crippen LogP contribution is 2.28. The van der Waals surface area contributed by atoms with Crippen molar-refractivity contribution in [2.75, 3.05) is 27.9 Å². The SMILES string of the molecule is CCC(C)C(NC(=O)COC(=O)c1c(OC)cccc1OC)C(=O)OC. The molecule has 0 fully saturated rings. The van der Waals surface area contributed by atoms with E-state index >= 15 is 0 Å². The van der Waals surface area contributed by atoms with Crippen LogP contribution in [-0.4, -0.2) is 51.8 Å². The number of carbonyl (C=O) groups excluding carboxylic acids is 3. The molecule has 2 atom stereocenters. The van der Waals surface area contributed by atoms with Crippen LogP contribution < -0.4 is 14.8 Å². The van der Waals surface area contributed by atoms with E-state index in [2.05, 4.69) is 5.32 Å². The van der Waals surface area contributed by atoms with E-state index in [0.717, 1.165) is 0 Å². The maximum Gasteiger partial charge on any atom is 0.346 e. The number of rotatable bonds is 9. The zero-order valence-corrected chi connectivity index (χ0v) is 15.7. The van der Waals surface area contributed by atoms with E-state index in [1.807, 2.05) is 13.8 Å². The minimum Gasteiger partial charge on any atom is -0.496 e. The number of hydrogen-bond acceptors (Lipinski definition) is 7. The lowest BCUT2D eigenvalue weighted by molar-refractivity contribution is -0.147. The fourth-order valence-electron chi connectivity index (χ4n) is 2.27. The number of nitrogens with one attached hydrogen (secondary N) is 1. The summed E-state index contributed by atoms with van der Waals surface area (Å²) < 4.78 is 20.0. The summed E-state index contributed by atoms with van der Waals surface area (Å²) in [4.78, 5) is 36.2. The maximum atomic E-state index is 12.3. The van der Waals surface area contributed by atoms with Gasteiger partial charge in [0.05, 0.1) is 21.3 Å². The second-order valence-corrected chi connectivity index (χ2v) is 5.57. The van der Waals surface area contributed by atoms with Crippen LogP contribution in [0, 0.1) is 5.92 Å². The molecule has 0 heterocycles. The molecule has 1 aromatic carbocycles. The topological polar surface area (TPSA) is 100 Å². The van der Waals surface area contributed by atoms with Crippen LogP contribution in [0.4, 0.5) is 0 Å². The summed E-state index contributed by atoms with van der Waals surface area (Å²) in [6.45, 7) is 3.15. The van der Waals surface area contributed by atoms with Gasteiger partial charge in [0.1, 0.15) is 23.1 Å².